The molecule has 22 heteroatoms. The number of nitrogens with zero attached hydrogens (tertiary/aromatic N) is 13. The average Bonchev–Trinajstić information content (AvgIpc) is 3.89. The van der Waals surface area contributed by atoms with Gasteiger partial charge in [0.05, 0.1) is 11.4 Å². The van der Waals surface area contributed by atoms with Crippen molar-refractivity contribution in [2.24, 2.45) is 20.5 Å². The van der Waals surface area contributed by atoms with Crippen molar-refractivity contribution in [3.05, 3.63) is 41.9 Å². The third-order valence-corrected chi connectivity index (χ3v) is 12.4. The van der Waals surface area contributed by atoms with E-state index in [-0.39, 0.29) is 11.1 Å². The molecule has 1 aliphatic carbocycles. The molecule has 3 aromatic heterocycles. The molecule has 5 aromatic rings. The summed E-state index contributed by atoms with van der Waals surface area (Å²) in [7, 11) is -4.53. The van der Waals surface area contributed by atoms with Crippen molar-refractivity contribution in [2.75, 3.05) is 46.6 Å². The van der Waals surface area contributed by atoms with Gasteiger partial charge in [0.15, 0.2) is 5.16 Å². The molecule has 3 N–H and O–H groups in total. The van der Waals surface area contributed by atoms with Crippen molar-refractivity contribution in [1.82, 2.24) is 35.3 Å². The first-order valence-electron chi connectivity index (χ1n) is 17.8. The Bertz CT molecular complexity index is 2200. The van der Waals surface area contributed by atoms with Crippen molar-refractivity contribution in [3.63, 3.8) is 0 Å². The van der Waals surface area contributed by atoms with Gasteiger partial charge in [-0.05, 0) is 76.9 Å². The second-order valence-corrected chi connectivity index (χ2v) is 16.7. The summed E-state index contributed by atoms with van der Waals surface area (Å²) in [6.07, 6.45) is 5.69. The van der Waals surface area contributed by atoms with Crippen LogP contribution in [-0.2, 0) is 10.1 Å². The van der Waals surface area contributed by atoms with Crippen LogP contribution in [0.5, 0.6) is 0 Å². The van der Waals surface area contributed by atoms with Gasteiger partial charge in [-0.25, -0.2) is 0 Å². The van der Waals surface area contributed by atoms with Crippen LogP contribution in [0.25, 0.3) is 0 Å². The lowest BCUT2D eigenvalue weighted by Crippen LogP contribution is -2.21. The Labute approximate surface area is 331 Å². The van der Waals surface area contributed by atoms with Gasteiger partial charge in [-0.1, -0.05) is 53.7 Å². The first kappa shape index (κ1) is 39.9. The minimum absolute atomic E-state index is 0.0461. The molecule has 0 atom stereocenters. The molecule has 0 bridgehead atoms. The Hall–Kier alpha value is -4.77. The molecule has 0 saturated heterocycles. The third kappa shape index (κ3) is 10.7. The van der Waals surface area contributed by atoms with Crippen LogP contribution >= 0.6 is 34.4 Å². The quantitative estimate of drug-likeness (QED) is 0.0587. The van der Waals surface area contributed by atoms with E-state index in [0.29, 0.717) is 55.6 Å². The zero-order valence-electron chi connectivity index (χ0n) is 30.7. The number of hydrogen-bond acceptors (Lipinski definition) is 20. The van der Waals surface area contributed by atoms with Crippen molar-refractivity contribution in [3.8, 4) is 0 Å². The van der Waals surface area contributed by atoms with E-state index in [1.54, 1.807) is 23.3 Å². The van der Waals surface area contributed by atoms with Crippen molar-refractivity contribution in [2.45, 2.75) is 74.5 Å². The van der Waals surface area contributed by atoms with Gasteiger partial charge in [0.25, 0.3) is 14.6 Å². The Morgan fingerprint density at radius 1 is 0.764 bits per heavy atom. The maximum Gasteiger partial charge on any atom is 0.324 e. The van der Waals surface area contributed by atoms with E-state index < -0.39 is 14.5 Å². The lowest BCUT2D eigenvalue weighted by molar-refractivity contribution is 0.481. The molecule has 1 aliphatic rings. The fourth-order valence-corrected chi connectivity index (χ4v) is 8.55. The summed E-state index contributed by atoms with van der Waals surface area (Å²) in [5.41, 5.74) is 5.67. The van der Waals surface area contributed by atoms with Crippen molar-refractivity contribution >= 4 is 101 Å². The summed E-state index contributed by atoms with van der Waals surface area (Å²) in [6.45, 7) is 11.5. The van der Waals surface area contributed by atoms with Crippen LogP contribution in [0, 0.1) is 0 Å². The number of azo groups is 2. The molecule has 55 heavy (non-hydrogen) atoms. The summed E-state index contributed by atoms with van der Waals surface area (Å²) < 4.78 is 31.9. The fraction of sp³-hybridized carbons (Fsp3) is 0.424. The van der Waals surface area contributed by atoms with Gasteiger partial charge in [0, 0.05) is 42.8 Å². The second-order valence-electron chi connectivity index (χ2n) is 12.1. The lowest BCUT2D eigenvalue weighted by atomic mass is 10.0. The number of nitrogens with one attached hydrogen (secondary N) is 2. The zero-order valence-corrected chi connectivity index (χ0v) is 34.0. The Kier molecular flexibility index (Phi) is 13.6. The number of aromatic nitrogens is 7. The number of anilines is 6. The number of hydrogen-bond donors (Lipinski definition) is 3. The highest BCUT2D eigenvalue weighted by atomic mass is 32.3. The smallest absolute Gasteiger partial charge is 0.324 e. The van der Waals surface area contributed by atoms with E-state index in [2.05, 4.69) is 89.0 Å². The predicted octanol–water partition coefficient (Wildman–Crippen LogP) is 9.26. The van der Waals surface area contributed by atoms with Crippen LogP contribution in [0.15, 0.2) is 71.9 Å². The Morgan fingerprint density at radius 2 is 1.33 bits per heavy atom. The molecule has 0 spiro atoms. The molecule has 6 rings (SSSR count). The minimum atomic E-state index is -4.53. The summed E-state index contributed by atoms with van der Waals surface area (Å²) in [5.74, 6) is 0.569. The highest BCUT2D eigenvalue weighted by Crippen LogP contribution is 2.38. The van der Waals surface area contributed by atoms with Crippen LogP contribution < -0.4 is 20.4 Å². The molecular weight excluding hydrogens is 783 g/mol. The van der Waals surface area contributed by atoms with Gasteiger partial charge >= 0.3 is 10.1 Å². The van der Waals surface area contributed by atoms with Gasteiger partial charge < -0.3 is 20.4 Å². The number of rotatable bonds is 17. The average molecular weight is 824 g/mol. The van der Waals surface area contributed by atoms with Crippen molar-refractivity contribution < 1.29 is 13.0 Å². The summed E-state index contributed by atoms with van der Waals surface area (Å²) in [5, 5.41) is 40.4. The van der Waals surface area contributed by atoms with E-state index in [9.17, 15) is 13.0 Å². The third-order valence-electron chi connectivity index (χ3n) is 8.60. The normalized spacial score (nSPS) is 13.8. The molecule has 18 nitrogen and oxygen atoms in total. The standard InChI is InChI=1S/C33H41N15O3S4/c1-5-47(6-2)21-14-16-24(40-43-31-42-34-20-52-31)26(18-21)35-28-37-29(39-30(38-28)53-23-12-10-9-11-13-23)36-27-19-22(48(7-3)8-4)15-17-25(27)41-44-32-45-46-33(54-32)55(49,50)51/h14-20,23H,5-13H2,1-4H3,(H,49,50,51)(H2,35,36,37,38,39)/b43-40+,44-41+. The number of benzene rings is 2. The minimum Gasteiger partial charge on any atom is -0.372 e. The highest BCUT2D eigenvalue weighted by molar-refractivity contribution is 7.99. The zero-order chi connectivity index (χ0) is 38.8. The van der Waals surface area contributed by atoms with E-state index in [0.717, 1.165) is 63.2 Å². The van der Waals surface area contributed by atoms with Crippen LogP contribution in [-0.4, -0.2) is 79.7 Å². The molecule has 1 fully saturated rings. The predicted molar refractivity (Wildman–Crippen MR) is 217 cm³/mol. The van der Waals surface area contributed by atoms with E-state index in [4.69, 9.17) is 15.0 Å². The second kappa shape index (κ2) is 18.7. The first-order chi connectivity index (χ1) is 26.6. The molecular formula is C33H41N15O3S4. The fourth-order valence-electron chi connectivity index (χ4n) is 5.84. The summed E-state index contributed by atoms with van der Waals surface area (Å²) in [4.78, 5) is 19.0. The topological polar surface area (TPSA) is 225 Å². The van der Waals surface area contributed by atoms with Gasteiger partial charge in [-0.15, -0.1) is 40.9 Å². The SMILES string of the molecule is CCN(CC)c1ccc(/N=N/c2nncs2)c(Nc2nc(Nc3cc(N(CC)CC)ccc3/N=N/c3nnc(S(=O)(=O)O)s3)nc(SC3CCCCC3)n2)c1. The van der Waals surface area contributed by atoms with E-state index in [1.807, 2.05) is 30.3 Å². The van der Waals surface area contributed by atoms with Gasteiger partial charge in [0.2, 0.25) is 11.9 Å². The molecule has 0 unspecified atom stereocenters. The largest absolute Gasteiger partial charge is 0.372 e. The number of thioether (sulfide) groups is 1. The van der Waals surface area contributed by atoms with Crippen LogP contribution in [0.4, 0.5) is 56.3 Å². The van der Waals surface area contributed by atoms with Crippen molar-refractivity contribution in [1.29, 1.82) is 0 Å². The van der Waals surface area contributed by atoms with E-state index >= 15 is 0 Å². The highest BCUT2D eigenvalue weighted by Gasteiger charge is 2.20. The monoisotopic (exact) mass is 823 g/mol. The molecule has 0 amide bonds. The molecule has 0 aliphatic heterocycles. The lowest BCUT2D eigenvalue weighted by Gasteiger charge is -2.23. The summed E-state index contributed by atoms with van der Waals surface area (Å²) in [6, 6.07) is 11.5. The Morgan fingerprint density at radius 3 is 1.82 bits per heavy atom. The maximum absolute atomic E-state index is 11.5. The van der Waals surface area contributed by atoms with E-state index in [1.165, 1.54) is 17.8 Å². The van der Waals surface area contributed by atoms with Crippen LogP contribution in [0.1, 0.15) is 59.8 Å². The first-order valence-corrected chi connectivity index (χ1v) is 21.8. The maximum atomic E-state index is 11.5. The molecule has 2 aromatic carbocycles. The Balaban J connectivity index is 1.40. The van der Waals surface area contributed by atoms with Gasteiger partial charge in [-0.3, -0.25) is 4.55 Å². The van der Waals surface area contributed by atoms with Crippen LogP contribution in [0.2, 0.25) is 0 Å². The van der Waals surface area contributed by atoms with Crippen LogP contribution in [0.3, 0.4) is 0 Å². The molecule has 3 heterocycles. The van der Waals surface area contributed by atoms with Gasteiger partial charge in [0.1, 0.15) is 16.9 Å². The molecule has 290 valence electrons. The molecule has 0 radical (unpaired) electrons. The molecule has 1 saturated carbocycles. The summed E-state index contributed by atoms with van der Waals surface area (Å²) >= 11 is 3.52. The van der Waals surface area contributed by atoms with Gasteiger partial charge in [-0.2, -0.15) is 23.4 Å².